The zero-order valence-electron chi connectivity index (χ0n) is 49.7. The molecule has 0 aromatic carbocycles. The van der Waals surface area contributed by atoms with Gasteiger partial charge in [-0.2, -0.15) is 0 Å². The van der Waals surface area contributed by atoms with E-state index in [1.807, 2.05) is 21.1 Å². The van der Waals surface area contributed by atoms with Gasteiger partial charge in [0.1, 0.15) is 13.2 Å². The third-order valence-electron chi connectivity index (χ3n) is 14.5. The maximum absolute atomic E-state index is 12.9. The summed E-state index contributed by atoms with van der Waals surface area (Å²) >= 11 is 0. The number of hydrogen-bond donors (Lipinski definition) is 0. The molecule has 0 saturated carbocycles. The third kappa shape index (κ3) is 57.5. The summed E-state index contributed by atoms with van der Waals surface area (Å²) in [7, 11) is 5.94. The topological polar surface area (TPSA) is 111 Å². The Morgan fingerprint density at radius 1 is 0.405 bits per heavy atom. The fourth-order valence-electron chi connectivity index (χ4n) is 9.51. The van der Waals surface area contributed by atoms with Gasteiger partial charge < -0.3 is 33.3 Å². The van der Waals surface area contributed by atoms with Crippen molar-refractivity contribution in [3.05, 3.63) is 24.3 Å². The molecule has 74 heavy (non-hydrogen) atoms. The molecule has 2 atom stereocenters. The molecule has 0 aliphatic rings. The zero-order valence-corrected chi connectivity index (χ0v) is 49.7. The molecule has 0 heterocycles. The van der Waals surface area contributed by atoms with E-state index < -0.39 is 24.3 Å². The molecule has 436 valence electrons. The number of hydrogen-bond acceptors (Lipinski definition) is 8. The Hall–Kier alpha value is -2.23. The van der Waals surface area contributed by atoms with Crippen LogP contribution in [0.25, 0.3) is 0 Å². The van der Waals surface area contributed by atoms with Crippen LogP contribution in [0, 0.1) is 0 Å². The number of carbonyl (C=O) groups excluding carboxylic acids is 3. The standard InChI is InChI=1S/C65H123NO8/c1-6-8-10-12-14-16-18-20-22-24-26-28-30-31-32-34-35-37-39-41-43-45-47-49-51-53-55-62(67)72-59-61(60-73-65(64(69)70)71-58-57-66(3,4)5)74-63(68)56-54-52-50-48-46-44-42-40-38-36-33-29-27-25-23-21-19-17-15-13-11-9-7-2/h19,21,25,27,61,65H,6-18,20,22-24,26,28-60H2,1-5H3/b21-19-,27-25-. The van der Waals surface area contributed by atoms with Crippen molar-refractivity contribution >= 4 is 17.9 Å². The van der Waals surface area contributed by atoms with E-state index in [-0.39, 0.29) is 32.2 Å². The monoisotopic (exact) mass is 1050 g/mol. The number of ether oxygens (including phenoxy) is 4. The molecule has 0 aromatic heterocycles. The number of unbranched alkanes of at least 4 members (excludes halogenated alkanes) is 41. The molecular formula is C65H123NO8. The van der Waals surface area contributed by atoms with Crippen LogP contribution in [0.5, 0.6) is 0 Å². The molecule has 9 nitrogen and oxygen atoms in total. The van der Waals surface area contributed by atoms with Crippen molar-refractivity contribution in [2.24, 2.45) is 0 Å². The molecular weight excluding hydrogens is 923 g/mol. The van der Waals surface area contributed by atoms with E-state index in [2.05, 4.69) is 38.2 Å². The van der Waals surface area contributed by atoms with Crippen LogP contribution < -0.4 is 5.11 Å². The van der Waals surface area contributed by atoms with Crippen LogP contribution in [0.2, 0.25) is 0 Å². The van der Waals surface area contributed by atoms with E-state index in [0.717, 1.165) is 44.9 Å². The molecule has 0 aliphatic heterocycles. The van der Waals surface area contributed by atoms with E-state index >= 15 is 0 Å². The first-order chi connectivity index (χ1) is 36.1. The van der Waals surface area contributed by atoms with Crippen LogP contribution >= 0.6 is 0 Å². The minimum atomic E-state index is -1.62. The lowest BCUT2D eigenvalue weighted by Crippen LogP contribution is -2.44. The smallest absolute Gasteiger partial charge is 0.306 e. The minimum absolute atomic E-state index is 0.150. The number of carbonyl (C=O) groups is 3. The van der Waals surface area contributed by atoms with Crippen molar-refractivity contribution in [2.45, 2.75) is 328 Å². The van der Waals surface area contributed by atoms with Crippen molar-refractivity contribution in [1.82, 2.24) is 0 Å². The Labute approximate surface area is 458 Å². The van der Waals surface area contributed by atoms with Gasteiger partial charge in [0.15, 0.2) is 12.4 Å². The second-order valence-electron chi connectivity index (χ2n) is 23.1. The highest BCUT2D eigenvalue weighted by Gasteiger charge is 2.22. The SMILES string of the molecule is CCCCCCC/C=C\C/C=C\CCCCCCCCCCCCCC(=O)OC(COC(=O)CCCCCCCCCCCCCCCCCCCCCCCCCCCC)COC(OCC[N+](C)(C)C)C(=O)[O-]. The molecule has 0 N–H and O–H groups in total. The van der Waals surface area contributed by atoms with Gasteiger partial charge in [-0.1, -0.05) is 282 Å². The number of nitrogens with zero attached hydrogens (tertiary/aromatic N) is 1. The summed E-state index contributed by atoms with van der Waals surface area (Å²) in [5, 5.41) is 11.8. The highest BCUT2D eigenvalue weighted by Crippen LogP contribution is 2.18. The molecule has 0 bridgehead atoms. The largest absolute Gasteiger partial charge is 0.545 e. The Balaban J connectivity index is 4.14. The number of likely N-dealkylation sites (N-methyl/N-ethyl adjacent to an activating group) is 1. The maximum Gasteiger partial charge on any atom is 0.306 e. The number of allylic oxidation sites excluding steroid dienone is 4. The normalized spacial score (nSPS) is 12.8. The van der Waals surface area contributed by atoms with Crippen molar-refractivity contribution < 1.29 is 42.9 Å². The van der Waals surface area contributed by atoms with E-state index in [1.54, 1.807) is 0 Å². The lowest BCUT2D eigenvalue weighted by atomic mass is 10.0. The first-order valence-electron chi connectivity index (χ1n) is 32.0. The minimum Gasteiger partial charge on any atom is -0.545 e. The molecule has 0 rings (SSSR count). The molecule has 0 aromatic rings. The van der Waals surface area contributed by atoms with Crippen LogP contribution in [0.15, 0.2) is 24.3 Å². The van der Waals surface area contributed by atoms with Gasteiger partial charge in [-0.25, -0.2) is 0 Å². The average Bonchev–Trinajstić information content (AvgIpc) is 3.37. The zero-order chi connectivity index (χ0) is 54.1. The summed E-state index contributed by atoms with van der Waals surface area (Å²) in [5.41, 5.74) is 0. The predicted octanol–water partition coefficient (Wildman–Crippen LogP) is 17.7. The fourth-order valence-corrected chi connectivity index (χ4v) is 9.51. The predicted molar refractivity (Wildman–Crippen MR) is 311 cm³/mol. The Morgan fingerprint density at radius 3 is 1.07 bits per heavy atom. The molecule has 0 fully saturated rings. The van der Waals surface area contributed by atoms with E-state index in [0.29, 0.717) is 23.9 Å². The third-order valence-corrected chi connectivity index (χ3v) is 14.5. The van der Waals surface area contributed by atoms with Crippen LogP contribution in [0.3, 0.4) is 0 Å². The van der Waals surface area contributed by atoms with Crippen molar-refractivity contribution in [3.63, 3.8) is 0 Å². The summed E-state index contributed by atoms with van der Waals surface area (Å²) in [4.78, 5) is 37.4. The average molecular weight is 1050 g/mol. The Bertz CT molecular complexity index is 1260. The fraction of sp³-hybridized carbons (Fsp3) is 0.892. The van der Waals surface area contributed by atoms with Crippen molar-refractivity contribution in [2.75, 3.05) is 47.5 Å². The molecule has 9 heteroatoms. The van der Waals surface area contributed by atoms with Gasteiger partial charge in [-0.15, -0.1) is 0 Å². The highest BCUT2D eigenvalue weighted by molar-refractivity contribution is 5.70. The number of rotatable bonds is 60. The van der Waals surface area contributed by atoms with E-state index in [4.69, 9.17) is 18.9 Å². The number of carboxylic acid groups (broad SMARTS) is 1. The molecule has 0 aliphatic carbocycles. The lowest BCUT2D eigenvalue weighted by Gasteiger charge is -2.26. The van der Waals surface area contributed by atoms with Gasteiger partial charge >= 0.3 is 11.9 Å². The number of quaternary nitrogens is 1. The van der Waals surface area contributed by atoms with Crippen LogP contribution in [0.1, 0.15) is 316 Å². The van der Waals surface area contributed by atoms with Crippen LogP contribution in [-0.4, -0.2) is 82.3 Å². The highest BCUT2D eigenvalue weighted by atomic mass is 16.7. The van der Waals surface area contributed by atoms with Crippen molar-refractivity contribution in [1.29, 1.82) is 0 Å². The van der Waals surface area contributed by atoms with Gasteiger partial charge in [-0.3, -0.25) is 9.59 Å². The molecule has 0 radical (unpaired) electrons. The molecule has 0 amide bonds. The first kappa shape index (κ1) is 71.8. The molecule has 0 spiro atoms. The maximum atomic E-state index is 12.9. The number of aliphatic carboxylic acids is 1. The lowest BCUT2D eigenvalue weighted by molar-refractivity contribution is -0.870. The van der Waals surface area contributed by atoms with Crippen LogP contribution in [-0.2, 0) is 33.3 Å². The van der Waals surface area contributed by atoms with E-state index in [1.165, 1.54) is 238 Å². The number of esters is 2. The van der Waals surface area contributed by atoms with Gasteiger partial charge in [-0.05, 0) is 44.9 Å². The second kappa shape index (κ2) is 57.0. The molecule has 0 saturated heterocycles. The summed E-state index contributed by atoms with van der Waals surface area (Å²) in [6, 6.07) is 0. The van der Waals surface area contributed by atoms with Crippen molar-refractivity contribution in [3.8, 4) is 0 Å². The number of carboxylic acids is 1. The van der Waals surface area contributed by atoms with Crippen LogP contribution in [0.4, 0.5) is 0 Å². The summed E-state index contributed by atoms with van der Waals surface area (Å²) < 4.78 is 22.8. The van der Waals surface area contributed by atoms with Gasteiger partial charge in [0, 0.05) is 12.8 Å². The Kier molecular flexibility index (Phi) is 55.2. The van der Waals surface area contributed by atoms with Gasteiger partial charge in [0.25, 0.3) is 0 Å². The first-order valence-corrected chi connectivity index (χ1v) is 32.0. The molecule has 2 unspecified atom stereocenters. The van der Waals surface area contributed by atoms with E-state index in [9.17, 15) is 19.5 Å². The quantitative estimate of drug-likeness (QED) is 0.0195. The summed E-state index contributed by atoms with van der Waals surface area (Å²) in [6.45, 7) is 4.80. The second-order valence-corrected chi connectivity index (χ2v) is 23.1. The Morgan fingerprint density at radius 2 is 0.730 bits per heavy atom. The summed E-state index contributed by atoms with van der Waals surface area (Å²) in [6.07, 6.45) is 65.2. The van der Waals surface area contributed by atoms with Gasteiger partial charge in [0.2, 0.25) is 0 Å². The van der Waals surface area contributed by atoms with Gasteiger partial charge in [0.05, 0.1) is 40.3 Å². The summed E-state index contributed by atoms with van der Waals surface area (Å²) in [5.74, 6) is -2.26.